The van der Waals surface area contributed by atoms with Gasteiger partial charge in [0, 0.05) is 11.1 Å². The predicted molar refractivity (Wildman–Crippen MR) is 137 cm³/mol. The largest absolute Gasteiger partial charge is 0.504 e. The summed E-state index contributed by atoms with van der Waals surface area (Å²) in [5.74, 6) is 1.35. The molecule has 1 aliphatic carbocycles. The van der Waals surface area contributed by atoms with E-state index in [1.807, 2.05) is 30.3 Å². The lowest BCUT2D eigenvalue weighted by Crippen LogP contribution is -2.25. The summed E-state index contributed by atoms with van der Waals surface area (Å²) in [6.45, 7) is 4.70. The molecule has 0 saturated heterocycles. The molecule has 3 aromatic rings. The van der Waals surface area contributed by atoms with Crippen molar-refractivity contribution in [3.05, 3.63) is 59.2 Å². The van der Waals surface area contributed by atoms with Crippen LogP contribution >= 0.6 is 0 Å². The second-order valence-electron chi connectivity index (χ2n) is 9.18. The van der Waals surface area contributed by atoms with E-state index in [1.54, 1.807) is 12.1 Å². The van der Waals surface area contributed by atoms with Gasteiger partial charge in [-0.05, 0) is 47.1 Å². The van der Waals surface area contributed by atoms with E-state index < -0.39 is 0 Å². The maximum Gasteiger partial charge on any atom is 0.203 e. The molecular formula is C29H34O7. The zero-order valence-electron chi connectivity index (χ0n) is 21.6. The van der Waals surface area contributed by atoms with Crippen LogP contribution in [0, 0.1) is 11.8 Å². The second-order valence-corrected chi connectivity index (χ2v) is 9.18. The average molecular weight is 495 g/mol. The van der Waals surface area contributed by atoms with Gasteiger partial charge in [0.25, 0.3) is 0 Å². The Morgan fingerprint density at radius 2 is 1.31 bits per heavy atom. The zero-order chi connectivity index (χ0) is 26.0. The van der Waals surface area contributed by atoms with Crippen LogP contribution in [0.25, 0.3) is 11.1 Å². The highest BCUT2D eigenvalue weighted by atomic mass is 16.5. The topological polar surface area (TPSA) is 86.6 Å². The summed E-state index contributed by atoms with van der Waals surface area (Å²) in [5, 5.41) is 21.7. The van der Waals surface area contributed by atoms with Gasteiger partial charge in [-0.1, -0.05) is 44.2 Å². The minimum atomic E-state index is -0.376. The molecule has 0 amide bonds. The number of fused-ring (bicyclic) bond motifs is 3. The van der Waals surface area contributed by atoms with E-state index in [9.17, 15) is 10.2 Å². The van der Waals surface area contributed by atoms with Crippen molar-refractivity contribution in [1.29, 1.82) is 0 Å². The van der Waals surface area contributed by atoms with E-state index in [0.29, 0.717) is 35.7 Å². The molecule has 7 heteroatoms. The molecule has 0 aliphatic heterocycles. The summed E-state index contributed by atoms with van der Waals surface area (Å²) in [7, 11) is 6.04. The lowest BCUT2D eigenvalue weighted by atomic mass is 9.76. The molecule has 4 rings (SSSR count). The lowest BCUT2D eigenvalue weighted by molar-refractivity contribution is -0.0120. The van der Waals surface area contributed by atoms with Crippen molar-refractivity contribution in [2.45, 2.75) is 33.0 Å². The number of phenols is 2. The third-order valence-electron chi connectivity index (χ3n) is 7.11. The number of benzene rings is 3. The lowest BCUT2D eigenvalue weighted by Gasteiger charge is -2.35. The zero-order valence-corrected chi connectivity index (χ0v) is 21.6. The maximum absolute atomic E-state index is 11.0. The number of hydrogen-bond acceptors (Lipinski definition) is 7. The van der Waals surface area contributed by atoms with Gasteiger partial charge in [0.05, 0.1) is 41.2 Å². The molecule has 3 atom stereocenters. The van der Waals surface area contributed by atoms with Crippen LogP contribution in [0.1, 0.15) is 36.6 Å². The first-order valence-electron chi connectivity index (χ1n) is 12.0. The molecular weight excluding hydrogens is 460 g/mol. The van der Waals surface area contributed by atoms with Gasteiger partial charge in [-0.3, -0.25) is 0 Å². The third kappa shape index (κ3) is 4.39. The Morgan fingerprint density at radius 3 is 1.89 bits per heavy atom. The van der Waals surface area contributed by atoms with Gasteiger partial charge in [-0.15, -0.1) is 0 Å². The standard InChI is InChI=1S/C29H34O7/c1-16-12-19-13-21(30)26(32-3)28(34-5)23(19)24-20(14-22(31)27(33-4)29(24)35-6)25(17(16)2)36-15-18-10-8-7-9-11-18/h7-11,13-14,16-17,25,30-31H,12,15H2,1-6H3/t16-,17-,25+/m0/s1. The smallest absolute Gasteiger partial charge is 0.203 e. The minimum Gasteiger partial charge on any atom is -0.504 e. The Hall–Kier alpha value is -3.58. The highest BCUT2D eigenvalue weighted by molar-refractivity contribution is 5.88. The summed E-state index contributed by atoms with van der Waals surface area (Å²) in [5.41, 5.74) is 4.06. The summed E-state index contributed by atoms with van der Waals surface area (Å²) in [6, 6.07) is 13.4. The molecule has 0 unspecified atom stereocenters. The molecule has 0 saturated carbocycles. The fourth-order valence-corrected chi connectivity index (χ4v) is 5.14. The molecule has 0 heterocycles. The van der Waals surface area contributed by atoms with Crippen molar-refractivity contribution in [1.82, 2.24) is 0 Å². The summed E-state index contributed by atoms with van der Waals surface area (Å²) >= 11 is 0. The quantitative estimate of drug-likeness (QED) is 0.424. The third-order valence-corrected chi connectivity index (χ3v) is 7.11. The van der Waals surface area contributed by atoms with Gasteiger partial charge in [0.15, 0.2) is 23.0 Å². The molecule has 0 radical (unpaired) electrons. The number of hydrogen-bond donors (Lipinski definition) is 2. The number of methoxy groups -OCH3 is 4. The highest BCUT2D eigenvalue weighted by Gasteiger charge is 2.37. The first-order valence-corrected chi connectivity index (χ1v) is 12.0. The fraction of sp³-hybridized carbons (Fsp3) is 0.379. The van der Waals surface area contributed by atoms with Gasteiger partial charge in [-0.25, -0.2) is 0 Å². The van der Waals surface area contributed by atoms with E-state index in [4.69, 9.17) is 23.7 Å². The molecule has 7 nitrogen and oxygen atoms in total. The van der Waals surface area contributed by atoms with Gasteiger partial charge in [0.2, 0.25) is 11.5 Å². The van der Waals surface area contributed by atoms with E-state index in [-0.39, 0.29) is 40.9 Å². The average Bonchev–Trinajstić information content (AvgIpc) is 2.88. The number of ether oxygens (including phenoxy) is 5. The predicted octanol–water partition coefficient (Wildman–Crippen LogP) is 5.89. The number of phenolic OH excluding ortho intramolecular Hbond substituents is 2. The van der Waals surface area contributed by atoms with Crippen molar-refractivity contribution < 1.29 is 33.9 Å². The van der Waals surface area contributed by atoms with Crippen molar-refractivity contribution in [2.24, 2.45) is 11.8 Å². The monoisotopic (exact) mass is 494 g/mol. The SMILES string of the molecule is COc1c(O)cc2c(c1OC)-c1c(cc(O)c(OC)c1OC)[C@H](OCc1ccccc1)[C@@H](C)[C@@H](C)C2. The summed E-state index contributed by atoms with van der Waals surface area (Å²) < 4.78 is 29.3. The summed E-state index contributed by atoms with van der Waals surface area (Å²) in [6.07, 6.45) is 0.278. The van der Waals surface area contributed by atoms with Crippen molar-refractivity contribution in [3.8, 4) is 45.6 Å². The maximum atomic E-state index is 11.0. The van der Waals surface area contributed by atoms with Crippen LogP contribution in [0.3, 0.4) is 0 Å². The van der Waals surface area contributed by atoms with Crippen LogP contribution in [-0.4, -0.2) is 38.7 Å². The Morgan fingerprint density at radius 1 is 0.750 bits per heavy atom. The van der Waals surface area contributed by atoms with E-state index in [2.05, 4.69) is 13.8 Å². The van der Waals surface area contributed by atoms with E-state index >= 15 is 0 Å². The summed E-state index contributed by atoms with van der Waals surface area (Å²) in [4.78, 5) is 0. The van der Waals surface area contributed by atoms with Crippen molar-refractivity contribution >= 4 is 0 Å². The molecule has 36 heavy (non-hydrogen) atoms. The number of aromatic hydroxyl groups is 2. The Balaban J connectivity index is 2.05. The Kier molecular flexibility index (Phi) is 7.50. The Labute approximate surface area is 212 Å². The molecule has 0 spiro atoms. The van der Waals surface area contributed by atoms with Crippen LogP contribution in [0.4, 0.5) is 0 Å². The van der Waals surface area contributed by atoms with E-state index in [1.165, 1.54) is 28.4 Å². The highest BCUT2D eigenvalue weighted by Crippen LogP contribution is 2.57. The molecule has 0 fully saturated rings. The van der Waals surface area contributed by atoms with Crippen LogP contribution < -0.4 is 18.9 Å². The van der Waals surface area contributed by atoms with Gasteiger partial charge >= 0.3 is 0 Å². The second kappa shape index (κ2) is 10.6. The van der Waals surface area contributed by atoms with Crippen LogP contribution in [-0.2, 0) is 17.8 Å². The van der Waals surface area contributed by atoms with Gasteiger partial charge in [0.1, 0.15) is 0 Å². The normalized spacial score (nSPS) is 18.9. The van der Waals surface area contributed by atoms with Crippen LogP contribution in [0.5, 0.6) is 34.5 Å². The van der Waals surface area contributed by atoms with Crippen LogP contribution in [0.15, 0.2) is 42.5 Å². The van der Waals surface area contributed by atoms with Crippen molar-refractivity contribution in [3.63, 3.8) is 0 Å². The van der Waals surface area contributed by atoms with Crippen LogP contribution in [0.2, 0.25) is 0 Å². The first-order chi connectivity index (χ1) is 17.4. The minimum absolute atomic E-state index is 0.00309. The fourth-order valence-electron chi connectivity index (χ4n) is 5.14. The van der Waals surface area contributed by atoms with Gasteiger partial charge < -0.3 is 33.9 Å². The molecule has 0 bridgehead atoms. The number of rotatable bonds is 7. The van der Waals surface area contributed by atoms with Gasteiger partial charge in [-0.2, -0.15) is 0 Å². The first kappa shape index (κ1) is 25.5. The molecule has 0 aromatic heterocycles. The Bertz CT molecular complexity index is 1220. The molecule has 192 valence electrons. The van der Waals surface area contributed by atoms with E-state index in [0.717, 1.165) is 16.7 Å². The molecule has 3 aromatic carbocycles. The molecule has 2 N–H and O–H groups in total. The molecule has 1 aliphatic rings. The van der Waals surface area contributed by atoms with Crippen molar-refractivity contribution in [2.75, 3.05) is 28.4 Å².